The number of amides is 2. The van der Waals surface area contributed by atoms with Crippen molar-refractivity contribution in [2.24, 2.45) is 5.73 Å². The molecular weight excluding hydrogens is 388 g/mol. The molecule has 3 rings (SSSR count). The maximum Gasteiger partial charge on any atom is 0.265 e. The lowest BCUT2D eigenvalue weighted by Gasteiger charge is -2.07. The number of hydrogen-bond acceptors (Lipinski definition) is 3. The Hall–Kier alpha value is -2.44. The Bertz CT molecular complexity index is 903. The molecule has 1 aromatic heterocycles. The average molecular weight is 401 g/mol. The van der Waals surface area contributed by atoms with Gasteiger partial charge in [0.25, 0.3) is 11.8 Å². The molecule has 6 heteroatoms. The zero-order valence-electron chi connectivity index (χ0n) is 12.5. The third-order valence-electron chi connectivity index (χ3n) is 3.40. The molecular formula is C18H13BrN2O2S. The van der Waals surface area contributed by atoms with Gasteiger partial charge < -0.3 is 11.1 Å². The first-order valence-electron chi connectivity index (χ1n) is 7.10. The molecule has 0 radical (unpaired) electrons. The number of nitrogens with one attached hydrogen (secondary N) is 1. The number of hydrogen-bond donors (Lipinski definition) is 2. The largest absolute Gasteiger partial charge is 0.366 e. The van der Waals surface area contributed by atoms with Gasteiger partial charge in [0.15, 0.2) is 0 Å². The molecule has 3 aromatic rings. The normalized spacial score (nSPS) is 10.4. The number of benzene rings is 2. The number of carbonyl (C=O) groups excluding carboxylic acids is 2. The van der Waals surface area contributed by atoms with Gasteiger partial charge in [0.1, 0.15) is 0 Å². The number of nitrogens with two attached hydrogens (primary N) is 1. The minimum atomic E-state index is -0.576. The molecule has 0 bridgehead atoms. The Labute approximate surface area is 151 Å². The molecule has 0 aliphatic rings. The molecule has 0 saturated carbocycles. The van der Waals surface area contributed by atoms with E-state index >= 15 is 0 Å². The van der Waals surface area contributed by atoms with Gasteiger partial charge in [-0.3, -0.25) is 9.59 Å². The summed E-state index contributed by atoms with van der Waals surface area (Å²) in [6.45, 7) is 0. The lowest BCUT2D eigenvalue weighted by atomic mass is 10.1. The van der Waals surface area contributed by atoms with Crippen molar-refractivity contribution in [3.8, 4) is 10.4 Å². The predicted molar refractivity (Wildman–Crippen MR) is 100 cm³/mol. The summed E-state index contributed by atoms with van der Waals surface area (Å²) in [4.78, 5) is 25.4. The second-order valence-corrected chi connectivity index (χ2v) is 7.03. The summed E-state index contributed by atoms with van der Waals surface area (Å²) in [7, 11) is 0. The Morgan fingerprint density at radius 2 is 1.67 bits per heavy atom. The molecule has 2 aromatic carbocycles. The van der Waals surface area contributed by atoms with Gasteiger partial charge in [-0.05, 0) is 42.0 Å². The first-order chi connectivity index (χ1) is 11.5. The van der Waals surface area contributed by atoms with Gasteiger partial charge in [0, 0.05) is 9.35 Å². The Balaban J connectivity index is 1.82. The molecule has 24 heavy (non-hydrogen) atoms. The minimum absolute atomic E-state index is 0.267. The van der Waals surface area contributed by atoms with Crippen LogP contribution in [0.5, 0.6) is 0 Å². The number of primary amides is 1. The molecule has 2 amide bonds. The number of anilines is 1. The van der Waals surface area contributed by atoms with Crippen molar-refractivity contribution in [3.63, 3.8) is 0 Å². The van der Waals surface area contributed by atoms with E-state index in [1.165, 1.54) is 11.3 Å². The van der Waals surface area contributed by atoms with Gasteiger partial charge in [-0.2, -0.15) is 0 Å². The van der Waals surface area contributed by atoms with E-state index < -0.39 is 5.91 Å². The van der Waals surface area contributed by atoms with Gasteiger partial charge in [0.05, 0.1) is 16.1 Å². The highest BCUT2D eigenvalue weighted by Gasteiger charge is 2.14. The molecule has 1 heterocycles. The standard InChI is InChI=1S/C18H13BrN2O2S/c19-12-7-5-11(6-8-12)15-9-10-16(24-15)18(23)21-14-4-2-1-3-13(14)17(20)22/h1-10H,(H2,20,22)(H,21,23). The van der Waals surface area contributed by atoms with E-state index in [4.69, 9.17) is 5.73 Å². The van der Waals surface area contributed by atoms with Crippen molar-refractivity contribution < 1.29 is 9.59 Å². The lowest BCUT2D eigenvalue weighted by molar-refractivity contribution is 0.100. The second-order valence-electron chi connectivity index (χ2n) is 5.03. The minimum Gasteiger partial charge on any atom is -0.366 e. The fraction of sp³-hybridized carbons (Fsp3) is 0. The van der Waals surface area contributed by atoms with Crippen LogP contribution in [-0.4, -0.2) is 11.8 Å². The lowest BCUT2D eigenvalue weighted by Crippen LogP contribution is -2.17. The third kappa shape index (κ3) is 3.55. The van der Waals surface area contributed by atoms with Crippen molar-refractivity contribution in [1.82, 2.24) is 0 Å². The molecule has 120 valence electrons. The van der Waals surface area contributed by atoms with Crippen molar-refractivity contribution in [3.05, 3.63) is 75.6 Å². The van der Waals surface area contributed by atoms with E-state index in [1.54, 1.807) is 30.3 Å². The third-order valence-corrected chi connectivity index (χ3v) is 5.06. The van der Waals surface area contributed by atoms with Crippen LogP contribution in [0.2, 0.25) is 0 Å². The topological polar surface area (TPSA) is 72.2 Å². The summed E-state index contributed by atoms with van der Waals surface area (Å²) >= 11 is 4.79. The van der Waals surface area contributed by atoms with Crippen LogP contribution in [0.1, 0.15) is 20.0 Å². The quantitative estimate of drug-likeness (QED) is 0.674. The van der Waals surface area contributed by atoms with Crippen LogP contribution in [0.15, 0.2) is 65.1 Å². The molecule has 0 fully saturated rings. The van der Waals surface area contributed by atoms with Crippen LogP contribution in [0.3, 0.4) is 0 Å². The summed E-state index contributed by atoms with van der Waals surface area (Å²) < 4.78 is 1.00. The molecule has 4 nitrogen and oxygen atoms in total. The Morgan fingerprint density at radius 1 is 0.958 bits per heavy atom. The highest BCUT2D eigenvalue weighted by Crippen LogP contribution is 2.29. The van der Waals surface area contributed by atoms with E-state index in [-0.39, 0.29) is 11.5 Å². The van der Waals surface area contributed by atoms with Crippen molar-refractivity contribution in [2.45, 2.75) is 0 Å². The number of halogens is 1. The zero-order chi connectivity index (χ0) is 17.1. The maximum atomic E-state index is 12.4. The van der Waals surface area contributed by atoms with E-state index in [0.29, 0.717) is 10.6 Å². The van der Waals surface area contributed by atoms with E-state index in [0.717, 1.165) is 14.9 Å². The van der Waals surface area contributed by atoms with Crippen LogP contribution in [-0.2, 0) is 0 Å². The van der Waals surface area contributed by atoms with Crippen LogP contribution >= 0.6 is 27.3 Å². The summed E-state index contributed by atoms with van der Waals surface area (Å²) in [6.07, 6.45) is 0. The van der Waals surface area contributed by atoms with E-state index in [2.05, 4.69) is 21.2 Å². The number of para-hydroxylation sites is 1. The number of rotatable bonds is 4. The van der Waals surface area contributed by atoms with Gasteiger partial charge >= 0.3 is 0 Å². The highest BCUT2D eigenvalue weighted by molar-refractivity contribution is 9.10. The summed E-state index contributed by atoms with van der Waals surface area (Å²) in [5, 5.41) is 2.75. The smallest absolute Gasteiger partial charge is 0.265 e. The summed E-state index contributed by atoms with van der Waals surface area (Å²) in [5.41, 5.74) is 7.07. The summed E-state index contributed by atoms with van der Waals surface area (Å²) in [6, 6.07) is 18.2. The second kappa shape index (κ2) is 6.98. The van der Waals surface area contributed by atoms with Gasteiger partial charge in [-0.1, -0.05) is 40.2 Å². The molecule has 0 unspecified atom stereocenters. The van der Waals surface area contributed by atoms with Gasteiger partial charge in [-0.25, -0.2) is 0 Å². The fourth-order valence-corrected chi connectivity index (χ4v) is 3.39. The molecule has 0 saturated heterocycles. The Kier molecular flexibility index (Phi) is 4.78. The SMILES string of the molecule is NC(=O)c1ccccc1NC(=O)c1ccc(-c2ccc(Br)cc2)s1. The van der Waals surface area contributed by atoms with Crippen LogP contribution in [0.25, 0.3) is 10.4 Å². The average Bonchev–Trinajstić information content (AvgIpc) is 3.06. The first-order valence-corrected chi connectivity index (χ1v) is 8.71. The molecule has 3 N–H and O–H groups in total. The fourth-order valence-electron chi connectivity index (χ4n) is 2.22. The number of thiophene rings is 1. The van der Waals surface area contributed by atoms with E-state index in [1.807, 2.05) is 30.3 Å². The summed E-state index contributed by atoms with van der Waals surface area (Å²) in [5.74, 6) is -0.843. The van der Waals surface area contributed by atoms with Gasteiger partial charge in [-0.15, -0.1) is 11.3 Å². The molecule has 0 spiro atoms. The number of carbonyl (C=O) groups is 2. The Morgan fingerprint density at radius 3 is 2.38 bits per heavy atom. The molecule has 0 atom stereocenters. The predicted octanol–water partition coefficient (Wildman–Crippen LogP) is 4.53. The highest BCUT2D eigenvalue weighted by atomic mass is 79.9. The molecule has 0 aliphatic heterocycles. The van der Waals surface area contributed by atoms with Crippen molar-refractivity contribution in [1.29, 1.82) is 0 Å². The zero-order valence-corrected chi connectivity index (χ0v) is 14.9. The van der Waals surface area contributed by atoms with E-state index in [9.17, 15) is 9.59 Å². The maximum absolute atomic E-state index is 12.4. The van der Waals surface area contributed by atoms with Crippen LogP contribution < -0.4 is 11.1 Å². The van der Waals surface area contributed by atoms with Crippen LogP contribution in [0, 0.1) is 0 Å². The van der Waals surface area contributed by atoms with Crippen LogP contribution in [0.4, 0.5) is 5.69 Å². The first kappa shape index (κ1) is 16.4. The van der Waals surface area contributed by atoms with Crippen molar-refractivity contribution >= 4 is 44.8 Å². The molecule has 0 aliphatic carbocycles. The van der Waals surface area contributed by atoms with Crippen molar-refractivity contribution in [2.75, 3.05) is 5.32 Å². The van der Waals surface area contributed by atoms with Gasteiger partial charge in [0.2, 0.25) is 0 Å². The monoisotopic (exact) mass is 400 g/mol.